The van der Waals surface area contributed by atoms with Crippen molar-refractivity contribution in [3.63, 3.8) is 0 Å². The molecule has 0 fully saturated rings. The number of rotatable bonds is 29. The number of unbranched alkanes of at least 4 members (excludes halogenated alkanes) is 2. The number of fused-ring (bicyclic) bond motifs is 1. The van der Waals surface area contributed by atoms with E-state index in [0.717, 1.165) is 16.7 Å². The normalized spacial score (nSPS) is 15.3. The Hall–Kier alpha value is -7.03. The van der Waals surface area contributed by atoms with Crippen molar-refractivity contribution < 1.29 is 56.1 Å². The van der Waals surface area contributed by atoms with E-state index in [1.807, 2.05) is 82.3 Å². The van der Waals surface area contributed by atoms with Gasteiger partial charge in [0.15, 0.2) is 11.4 Å². The second kappa shape index (κ2) is 30.7. The molecule has 0 aliphatic carbocycles. The minimum absolute atomic E-state index is 0.0327. The molecule has 8 N–H and O–H groups in total. The summed E-state index contributed by atoms with van der Waals surface area (Å²) in [4.78, 5) is 88.0. The molecule has 1 aliphatic heterocycles. The lowest BCUT2D eigenvalue weighted by Gasteiger charge is -2.37. The van der Waals surface area contributed by atoms with Crippen LogP contribution in [0, 0.1) is 39.5 Å². The van der Waals surface area contributed by atoms with Gasteiger partial charge in [-0.2, -0.15) is 0 Å². The van der Waals surface area contributed by atoms with E-state index in [-0.39, 0.29) is 62.4 Å². The Kier molecular flexibility index (Phi) is 25.0. The van der Waals surface area contributed by atoms with Crippen molar-refractivity contribution in [2.24, 2.45) is 28.3 Å². The summed E-state index contributed by atoms with van der Waals surface area (Å²) in [5, 5.41) is 8.68. The summed E-state index contributed by atoms with van der Waals surface area (Å²) in [5.41, 5.74) is 14.0. The van der Waals surface area contributed by atoms with Gasteiger partial charge >= 0.3 is 18.2 Å². The number of nitrogens with two attached hydrogens (primary N) is 2. The fourth-order valence-electron chi connectivity index (χ4n) is 10.6. The summed E-state index contributed by atoms with van der Waals surface area (Å²) in [6.07, 6.45) is 0.605. The Morgan fingerprint density at radius 1 is 0.690 bits per heavy atom. The van der Waals surface area contributed by atoms with E-state index < -0.39 is 98.6 Å². The molecule has 5 atom stereocenters. The number of nitrogens with one attached hydrogen (secondary N) is 4. The first-order valence-corrected chi connectivity index (χ1v) is 31.8. The maximum absolute atomic E-state index is 15.6. The number of alkyl carbamates (subject to hydrolysis) is 2. The molecule has 3 amide bonds. The Morgan fingerprint density at radius 2 is 1.23 bits per heavy atom. The predicted molar refractivity (Wildman–Crippen MR) is 338 cm³/mol. The van der Waals surface area contributed by atoms with Gasteiger partial charge < -0.3 is 46.4 Å². The standard InChI is InChI=1S/C66H92ClN7O12S/c1-41-31-33-49(34-32-41)66(48-26-15-14-16-27-48,51-28-17-18-29-52(51)67)84-59(78)47(25-23-37-70-60(69)74-87(81,82)57-43(3)42(2)50-40-65(12,13)83-56(50)44(57)4)39-55(76)53(30-20-22-36-72-62(80)86-64(9,10)11)73-58(77)46(38-54(75)45(5)68)24-19-21-35-71-61(79)85-63(6,7)8/h14-18,26-29,31-34,45-47,53H,19-25,30,35-40,68H2,1-13H3,(H,71,79)(H,72,80)(H,73,77)(H3,69,70,74)/t45-,46+,47+,53-,66?/m0/s1. The van der Waals surface area contributed by atoms with Gasteiger partial charge in [-0.25, -0.2) is 22.7 Å². The minimum Gasteiger partial charge on any atom is -0.487 e. The number of aryl methyl sites for hydroxylation is 1. The van der Waals surface area contributed by atoms with E-state index in [0.29, 0.717) is 70.7 Å². The summed E-state index contributed by atoms with van der Waals surface area (Å²) in [6.45, 7) is 23.5. The zero-order valence-corrected chi connectivity index (χ0v) is 54.6. The van der Waals surface area contributed by atoms with Crippen LogP contribution >= 0.6 is 11.6 Å². The molecule has 19 nitrogen and oxygen atoms in total. The fraction of sp³-hybridized carbons (Fsp3) is 0.530. The molecule has 1 heterocycles. The molecule has 0 bridgehead atoms. The van der Waals surface area contributed by atoms with Gasteiger partial charge in [-0.15, -0.1) is 0 Å². The largest absolute Gasteiger partial charge is 0.487 e. The number of Topliss-reactive ketones (excluding diaryl/α,β-unsaturated/α-hetero) is 2. The highest BCUT2D eigenvalue weighted by molar-refractivity contribution is 7.90. The van der Waals surface area contributed by atoms with E-state index in [2.05, 4.69) is 25.7 Å². The average Bonchev–Trinajstić information content (AvgIpc) is 1.75. The molecule has 1 aliphatic rings. The van der Waals surface area contributed by atoms with Crippen LogP contribution in [0.2, 0.25) is 5.02 Å². The van der Waals surface area contributed by atoms with E-state index in [4.69, 9.17) is 42.0 Å². The lowest BCUT2D eigenvalue weighted by atomic mass is 9.79. The monoisotopic (exact) mass is 1240 g/mol. The molecule has 0 saturated carbocycles. The second-order valence-corrected chi connectivity index (χ2v) is 27.3. The molecule has 5 rings (SSSR count). The van der Waals surface area contributed by atoms with Crippen molar-refractivity contribution in [2.45, 2.75) is 200 Å². The molecule has 4 aromatic carbocycles. The number of carbonyl (C=O) groups is 6. The topological polar surface area (TPSA) is 286 Å². The van der Waals surface area contributed by atoms with Crippen LogP contribution in [0.5, 0.6) is 5.75 Å². The van der Waals surface area contributed by atoms with Gasteiger partial charge in [-0.3, -0.25) is 24.2 Å². The molecular formula is C66H92ClN7O12S. The van der Waals surface area contributed by atoms with Crippen molar-refractivity contribution in [1.29, 1.82) is 0 Å². The van der Waals surface area contributed by atoms with Gasteiger partial charge in [0.25, 0.3) is 10.0 Å². The van der Waals surface area contributed by atoms with Crippen molar-refractivity contribution in [1.82, 2.24) is 20.7 Å². The molecular weight excluding hydrogens is 1150 g/mol. The van der Waals surface area contributed by atoms with Gasteiger partial charge in [0.05, 0.1) is 22.9 Å². The van der Waals surface area contributed by atoms with Crippen LogP contribution in [0.15, 0.2) is 88.8 Å². The third-order valence-electron chi connectivity index (χ3n) is 15.0. The molecule has 476 valence electrons. The Morgan fingerprint density at radius 3 is 1.80 bits per heavy atom. The molecule has 0 spiro atoms. The maximum atomic E-state index is 15.6. The number of halogens is 1. The number of aliphatic imine (C=N–C) groups is 1. The van der Waals surface area contributed by atoms with Crippen LogP contribution in [0.1, 0.15) is 171 Å². The number of hydrogen-bond acceptors (Lipinski definition) is 14. The van der Waals surface area contributed by atoms with Crippen molar-refractivity contribution in [2.75, 3.05) is 19.6 Å². The number of hydrogen-bond donors (Lipinski definition) is 6. The fourth-order valence-corrected chi connectivity index (χ4v) is 12.3. The van der Waals surface area contributed by atoms with Crippen LogP contribution in [0.25, 0.3) is 0 Å². The van der Waals surface area contributed by atoms with Crippen LogP contribution in [0.4, 0.5) is 9.59 Å². The van der Waals surface area contributed by atoms with Crippen LogP contribution in [0.3, 0.4) is 0 Å². The van der Waals surface area contributed by atoms with Crippen molar-refractivity contribution in [3.8, 4) is 5.75 Å². The van der Waals surface area contributed by atoms with E-state index in [1.165, 1.54) is 6.92 Å². The lowest BCUT2D eigenvalue weighted by molar-refractivity contribution is -0.160. The van der Waals surface area contributed by atoms with Gasteiger partial charge in [0, 0.05) is 77.7 Å². The van der Waals surface area contributed by atoms with Crippen LogP contribution in [-0.2, 0) is 55.4 Å². The Labute approximate surface area is 519 Å². The average molecular weight is 1240 g/mol. The number of ketones is 2. The molecule has 0 saturated heterocycles. The summed E-state index contributed by atoms with van der Waals surface area (Å²) >= 11 is 7.08. The van der Waals surface area contributed by atoms with Crippen molar-refractivity contribution >= 4 is 63.2 Å². The highest BCUT2D eigenvalue weighted by atomic mass is 35.5. The van der Waals surface area contributed by atoms with E-state index in [9.17, 15) is 27.6 Å². The highest BCUT2D eigenvalue weighted by Gasteiger charge is 2.44. The van der Waals surface area contributed by atoms with Crippen LogP contribution in [-0.4, -0.2) is 98.5 Å². The Bertz CT molecular complexity index is 3210. The minimum atomic E-state index is -4.29. The van der Waals surface area contributed by atoms with E-state index >= 15 is 9.59 Å². The summed E-state index contributed by atoms with van der Waals surface area (Å²) < 4.78 is 54.6. The second-order valence-electron chi connectivity index (χ2n) is 25.3. The maximum Gasteiger partial charge on any atom is 0.407 e. The number of guanidine groups is 1. The highest BCUT2D eigenvalue weighted by Crippen LogP contribution is 2.46. The SMILES string of the molecule is Cc1ccc(C(OC(=O)[C@H](CCCN=C(N)NS(=O)(=O)c2c(C)c(C)c3c(c2C)OC(C)(C)C3)CC(=O)[C@H](CCCCNC(=O)OC(C)(C)C)NC(=O)[C@H](CCCCNC(=O)OC(C)(C)C)CC(=O)[C@H](C)N)(c2ccccc2)c2ccccc2Cl)cc1. The smallest absolute Gasteiger partial charge is 0.407 e. The summed E-state index contributed by atoms with van der Waals surface area (Å²) in [7, 11) is -4.29. The quantitative estimate of drug-likeness (QED) is 0.00736. The zero-order valence-electron chi connectivity index (χ0n) is 53.0. The molecule has 87 heavy (non-hydrogen) atoms. The number of nitrogens with zero attached hydrogens (tertiary/aromatic N) is 1. The van der Waals surface area contributed by atoms with Crippen molar-refractivity contribution in [3.05, 3.63) is 128 Å². The first kappa shape index (κ1) is 70.7. The first-order valence-electron chi connectivity index (χ1n) is 29.9. The van der Waals surface area contributed by atoms with Gasteiger partial charge in [0.1, 0.15) is 28.3 Å². The summed E-state index contributed by atoms with van der Waals surface area (Å²) in [5.74, 6) is -4.29. The number of carbonyl (C=O) groups excluding carboxylic acids is 6. The van der Waals surface area contributed by atoms with E-state index in [1.54, 1.807) is 79.7 Å². The molecule has 1 unspecified atom stereocenters. The molecule has 0 radical (unpaired) electrons. The van der Waals surface area contributed by atoms with Gasteiger partial charge in [-0.1, -0.05) is 96.4 Å². The number of amides is 3. The first-order chi connectivity index (χ1) is 40.6. The zero-order chi connectivity index (χ0) is 64.7. The number of benzene rings is 4. The third-order valence-corrected chi connectivity index (χ3v) is 16.9. The lowest BCUT2D eigenvalue weighted by Crippen LogP contribution is -2.46. The third kappa shape index (κ3) is 20.5. The summed E-state index contributed by atoms with van der Waals surface area (Å²) in [6, 6.07) is 21.5. The molecule has 21 heteroatoms. The number of esters is 1. The van der Waals surface area contributed by atoms with Gasteiger partial charge in [0.2, 0.25) is 11.9 Å². The van der Waals surface area contributed by atoms with Crippen LogP contribution < -0.4 is 36.9 Å². The molecule has 0 aromatic heterocycles. The van der Waals surface area contributed by atoms with Gasteiger partial charge in [-0.05, 0) is 152 Å². The number of sulfonamides is 1. The predicted octanol–water partition coefficient (Wildman–Crippen LogP) is 10.6. The molecule has 4 aromatic rings. The Balaban J connectivity index is 1.51. The number of ether oxygens (including phenoxy) is 4.